The number of thioether (sulfide) groups is 1. The Morgan fingerprint density at radius 1 is 1.03 bits per heavy atom. The van der Waals surface area contributed by atoms with Gasteiger partial charge >= 0.3 is 12.0 Å². The van der Waals surface area contributed by atoms with Crippen LogP contribution >= 0.6 is 11.8 Å². The molecule has 2 rings (SSSR count). The molecule has 0 aromatic carbocycles. The number of fused-ring (bicyclic) bond motifs is 1. The summed E-state index contributed by atoms with van der Waals surface area (Å²) in [5.41, 5.74) is -0.451. The van der Waals surface area contributed by atoms with Crippen molar-refractivity contribution in [3.63, 3.8) is 0 Å². The van der Waals surface area contributed by atoms with Gasteiger partial charge in [-0.2, -0.15) is 11.8 Å². The van der Waals surface area contributed by atoms with Crippen LogP contribution in [-0.4, -0.2) is 79.6 Å². The summed E-state index contributed by atoms with van der Waals surface area (Å²) in [4.78, 5) is 34.9. The van der Waals surface area contributed by atoms with Crippen molar-refractivity contribution in [3.05, 3.63) is 0 Å². The van der Waals surface area contributed by atoms with E-state index in [1.165, 1.54) is 0 Å². The molecule has 0 aromatic heterocycles. The zero-order valence-electron chi connectivity index (χ0n) is 19.6. The Morgan fingerprint density at radius 3 is 2.53 bits per heavy atom. The highest BCUT2D eigenvalue weighted by Gasteiger charge is 2.42. The number of nitrogens with one attached hydrogen (secondary N) is 3. The molecule has 32 heavy (non-hydrogen) atoms. The van der Waals surface area contributed by atoms with Gasteiger partial charge in [0.2, 0.25) is 5.91 Å². The van der Waals surface area contributed by atoms with Crippen molar-refractivity contribution in [1.82, 2.24) is 16.0 Å². The predicted octanol–water partition coefficient (Wildman–Crippen LogP) is 1.98. The molecule has 0 bridgehead atoms. The Labute approximate surface area is 195 Å². The minimum Gasteiger partial charge on any atom is -0.460 e. The number of carbonyl (C=O) groups is 3. The molecule has 3 atom stereocenters. The molecule has 0 radical (unpaired) electrons. The number of unbranched alkanes of at least 4 members (excludes halogenated alkanes) is 1. The van der Waals surface area contributed by atoms with Gasteiger partial charge in [0.05, 0.1) is 31.9 Å². The molecule has 0 unspecified atom stereocenters. The molecule has 2 aliphatic heterocycles. The number of esters is 1. The molecule has 10 heteroatoms. The van der Waals surface area contributed by atoms with E-state index < -0.39 is 5.60 Å². The number of hydrogen-bond acceptors (Lipinski definition) is 7. The standard InChI is InChI=1S/C22H39N3O6S/c1-22(2,3)31-19(27)9-6-11-29-13-14-30-12-10-23-18(26)8-5-4-7-17-20-16(15-32-17)24-21(28)25-20/h16-17,20H,4-15H2,1-3H3,(H,23,26)(H2,24,25,28)/t16-,17-,20-/m0/s1. The van der Waals surface area contributed by atoms with Crippen LogP contribution in [0.25, 0.3) is 0 Å². The van der Waals surface area contributed by atoms with Crippen LogP contribution in [-0.2, 0) is 23.8 Å². The molecular weight excluding hydrogens is 434 g/mol. The van der Waals surface area contributed by atoms with E-state index in [0.717, 1.165) is 25.0 Å². The fraction of sp³-hybridized carbons (Fsp3) is 0.864. The van der Waals surface area contributed by atoms with Crippen LogP contribution in [0.15, 0.2) is 0 Å². The van der Waals surface area contributed by atoms with Crippen molar-refractivity contribution in [2.24, 2.45) is 0 Å². The van der Waals surface area contributed by atoms with Crippen molar-refractivity contribution in [2.45, 2.75) is 82.2 Å². The third-order valence-electron chi connectivity index (χ3n) is 5.11. The summed E-state index contributed by atoms with van der Waals surface area (Å²) in [7, 11) is 0. The van der Waals surface area contributed by atoms with Gasteiger partial charge in [-0.1, -0.05) is 6.42 Å². The lowest BCUT2D eigenvalue weighted by Gasteiger charge is -2.19. The van der Waals surface area contributed by atoms with Gasteiger partial charge in [0.15, 0.2) is 0 Å². The number of urea groups is 1. The van der Waals surface area contributed by atoms with Crippen LogP contribution in [0.5, 0.6) is 0 Å². The molecule has 2 fully saturated rings. The molecule has 2 heterocycles. The van der Waals surface area contributed by atoms with Crippen molar-refractivity contribution in [1.29, 1.82) is 0 Å². The molecule has 184 valence electrons. The number of ether oxygens (including phenoxy) is 3. The molecule has 9 nitrogen and oxygen atoms in total. The Bertz CT molecular complexity index is 613. The van der Waals surface area contributed by atoms with Crippen LogP contribution < -0.4 is 16.0 Å². The highest BCUT2D eigenvalue weighted by molar-refractivity contribution is 8.00. The summed E-state index contributed by atoms with van der Waals surface area (Å²) in [6.07, 6.45) is 4.32. The van der Waals surface area contributed by atoms with Gasteiger partial charge in [0.1, 0.15) is 5.60 Å². The van der Waals surface area contributed by atoms with Crippen molar-refractivity contribution in [3.8, 4) is 0 Å². The monoisotopic (exact) mass is 473 g/mol. The SMILES string of the molecule is CC(C)(C)OC(=O)CCCOCCOCCNC(=O)CCCC[C@@H]1SC[C@@H]2NC(=O)N[C@@H]21. The van der Waals surface area contributed by atoms with Crippen molar-refractivity contribution in [2.75, 3.05) is 38.7 Å². The van der Waals surface area contributed by atoms with Gasteiger partial charge in [0, 0.05) is 37.0 Å². The molecule has 3 N–H and O–H groups in total. The number of carbonyl (C=O) groups excluding carboxylic acids is 3. The second-order valence-corrected chi connectivity index (χ2v) is 10.4. The Morgan fingerprint density at radius 2 is 1.78 bits per heavy atom. The summed E-state index contributed by atoms with van der Waals surface area (Å²) in [6.45, 7) is 7.88. The van der Waals surface area contributed by atoms with E-state index in [4.69, 9.17) is 14.2 Å². The zero-order chi connectivity index (χ0) is 23.4. The van der Waals surface area contributed by atoms with Crippen molar-refractivity contribution < 1.29 is 28.6 Å². The fourth-order valence-electron chi connectivity index (χ4n) is 3.66. The van der Waals surface area contributed by atoms with Gasteiger partial charge in [-0.15, -0.1) is 0 Å². The lowest BCUT2D eigenvalue weighted by molar-refractivity contribution is -0.155. The molecule has 2 aliphatic rings. The van der Waals surface area contributed by atoms with E-state index >= 15 is 0 Å². The van der Waals surface area contributed by atoms with Crippen LogP contribution in [0, 0.1) is 0 Å². The van der Waals surface area contributed by atoms with E-state index in [2.05, 4.69) is 16.0 Å². The van der Waals surface area contributed by atoms with Gasteiger partial charge in [0.25, 0.3) is 0 Å². The second kappa shape index (κ2) is 13.9. The second-order valence-electron chi connectivity index (χ2n) is 9.13. The summed E-state index contributed by atoms with van der Waals surface area (Å²) in [6, 6.07) is 0.424. The molecule has 0 spiro atoms. The summed E-state index contributed by atoms with van der Waals surface area (Å²) >= 11 is 1.90. The molecule has 0 aliphatic carbocycles. The van der Waals surface area contributed by atoms with E-state index in [-0.39, 0.29) is 30.0 Å². The van der Waals surface area contributed by atoms with E-state index in [1.54, 1.807) is 0 Å². The molecular formula is C22H39N3O6S. The third kappa shape index (κ3) is 10.9. The zero-order valence-corrected chi connectivity index (χ0v) is 20.4. The first-order valence-electron chi connectivity index (χ1n) is 11.6. The number of hydrogen-bond donors (Lipinski definition) is 3. The van der Waals surface area contributed by atoms with Gasteiger partial charge < -0.3 is 30.2 Å². The third-order valence-corrected chi connectivity index (χ3v) is 6.62. The van der Waals surface area contributed by atoms with Gasteiger partial charge in [-0.3, -0.25) is 9.59 Å². The van der Waals surface area contributed by atoms with Crippen LogP contribution in [0.3, 0.4) is 0 Å². The normalized spacial score (nSPS) is 22.2. The lowest BCUT2D eigenvalue weighted by Crippen LogP contribution is -2.36. The van der Waals surface area contributed by atoms with E-state index in [1.807, 2.05) is 32.5 Å². The summed E-state index contributed by atoms with van der Waals surface area (Å²) in [5.74, 6) is 0.796. The average molecular weight is 474 g/mol. The maximum atomic E-state index is 11.9. The van der Waals surface area contributed by atoms with E-state index in [0.29, 0.717) is 57.5 Å². The summed E-state index contributed by atoms with van der Waals surface area (Å²) < 4.78 is 16.1. The first kappa shape index (κ1) is 26.7. The average Bonchev–Trinajstić information content (AvgIpc) is 3.24. The van der Waals surface area contributed by atoms with Crippen molar-refractivity contribution >= 4 is 29.7 Å². The highest BCUT2D eigenvalue weighted by atomic mass is 32.2. The largest absolute Gasteiger partial charge is 0.460 e. The minimum atomic E-state index is -0.451. The number of rotatable bonds is 15. The summed E-state index contributed by atoms with van der Waals surface area (Å²) in [5, 5.41) is 9.25. The Hall–Kier alpha value is -1.52. The first-order valence-corrected chi connectivity index (χ1v) is 12.6. The predicted molar refractivity (Wildman–Crippen MR) is 124 cm³/mol. The van der Waals surface area contributed by atoms with Crippen LogP contribution in [0.1, 0.15) is 59.3 Å². The maximum Gasteiger partial charge on any atom is 0.315 e. The minimum absolute atomic E-state index is 0.0415. The van der Waals surface area contributed by atoms with Crippen LogP contribution in [0.2, 0.25) is 0 Å². The topological polar surface area (TPSA) is 115 Å². The molecule has 3 amide bonds. The van der Waals surface area contributed by atoms with Crippen LogP contribution in [0.4, 0.5) is 4.79 Å². The highest BCUT2D eigenvalue weighted by Crippen LogP contribution is 2.33. The van der Waals surface area contributed by atoms with Gasteiger partial charge in [-0.05, 0) is 40.0 Å². The number of amides is 3. The maximum absolute atomic E-state index is 11.9. The quantitative estimate of drug-likeness (QED) is 0.189. The van der Waals surface area contributed by atoms with E-state index in [9.17, 15) is 14.4 Å². The first-order chi connectivity index (χ1) is 15.2. The lowest BCUT2D eigenvalue weighted by atomic mass is 10.0. The molecule has 2 saturated heterocycles. The van der Waals surface area contributed by atoms with Gasteiger partial charge in [-0.25, -0.2) is 4.79 Å². The molecule has 0 saturated carbocycles. The molecule has 0 aromatic rings. The Kier molecular flexibility index (Phi) is 11.6. The fourth-order valence-corrected chi connectivity index (χ4v) is 5.20. The smallest absolute Gasteiger partial charge is 0.315 e. The Balaban J connectivity index is 1.34.